The number of hydrogen-bond acceptors (Lipinski definition) is 4. The molecule has 5 heteroatoms. The summed E-state index contributed by atoms with van der Waals surface area (Å²) < 4.78 is 1.70. The third-order valence-electron chi connectivity index (χ3n) is 2.96. The van der Waals surface area contributed by atoms with Crippen molar-refractivity contribution in [2.24, 2.45) is 7.05 Å². The number of para-hydroxylation sites is 1. The predicted octanol–water partition coefficient (Wildman–Crippen LogP) is 2.11. The topological polar surface area (TPSA) is 47.8 Å². The van der Waals surface area contributed by atoms with E-state index in [0.29, 0.717) is 16.4 Å². The van der Waals surface area contributed by atoms with Crippen LogP contribution in [-0.2, 0) is 19.7 Å². The van der Waals surface area contributed by atoms with Crippen LogP contribution < -0.4 is 0 Å². The zero-order valence-corrected chi connectivity index (χ0v) is 11.0. The average Bonchev–Trinajstić information content (AvgIpc) is 2.83. The molecule has 94 valence electrons. The number of imidazole rings is 1. The van der Waals surface area contributed by atoms with Gasteiger partial charge in [-0.15, -0.1) is 0 Å². The van der Waals surface area contributed by atoms with Crippen LogP contribution in [0.1, 0.15) is 16.2 Å². The highest BCUT2D eigenvalue weighted by Gasteiger charge is 2.16. The average molecular weight is 268 g/mol. The maximum atomic E-state index is 12.5. The third kappa shape index (κ3) is 1.98. The number of aromatic nitrogens is 3. The Bertz CT molecular complexity index is 779. The van der Waals surface area contributed by atoms with E-state index >= 15 is 0 Å². The first-order valence-corrected chi connectivity index (χ1v) is 6.16. The van der Waals surface area contributed by atoms with Crippen LogP contribution in [0.25, 0.3) is 10.9 Å². The highest BCUT2D eigenvalue weighted by Crippen LogP contribution is 2.20. The largest absolute Gasteiger partial charge is 0.760 e. The summed E-state index contributed by atoms with van der Waals surface area (Å²) in [6.07, 6.45) is 3.34. The number of ketones is 1. The van der Waals surface area contributed by atoms with Crippen LogP contribution in [0, 0.1) is 0 Å². The van der Waals surface area contributed by atoms with Gasteiger partial charge >= 0.3 is 0 Å². The second-order valence-corrected chi connectivity index (χ2v) is 4.63. The van der Waals surface area contributed by atoms with Crippen molar-refractivity contribution in [3.8, 4) is 0 Å². The van der Waals surface area contributed by atoms with E-state index in [4.69, 9.17) is 12.6 Å². The summed E-state index contributed by atoms with van der Waals surface area (Å²) in [4.78, 5) is 20.9. The predicted molar refractivity (Wildman–Crippen MR) is 74.0 cm³/mol. The Kier molecular flexibility index (Phi) is 2.76. The summed E-state index contributed by atoms with van der Waals surface area (Å²) in [5.41, 5.74) is 1.28. The first-order valence-electron chi connectivity index (χ1n) is 5.75. The number of rotatable bonds is 2. The Morgan fingerprint density at radius 1 is 1.32 bits per heavy atom. The SMILES string of the molecule is Cn1ccnc1C(=O)c1cc([S-])nc2ccccc12. The fraction of sp³-hybridized carbons (Fsp3) is 0.0714. The van der Waals surface area contributed by atoms with E-state index in [1.807, 2.05) is 24.3 Å². The fourth-order valence-corrected chi connectivity index (χ4v) is 2.26. The van der Waals surface area contributed by atoms with Gasteiger partial charge in [-0.25, -0.2) is 4.98 Å². The van der Waals surface area contributed by atoms with E-state index in [1.54, 1.807) is 30.1 Å². The molecule has 0 saturated carbocycles. The first-order chi connectivity index (χ1) is 9.16. The van der Waals surface area contributed by atoms with Crippen molar-refractivity contribution in [1.29, 1.82) is 0 Å². The molecule has 0 aliphatic heterocycles. The molecule has 0 fully saturated rings. The molecular weight excluding hydrogens is 258 g/mol. The summed E-state index contributed by atoms with van der Waals surface area (Å²) >= 11 is 5.12. The van der Waals surface area contributed by atoms with Crippen molar-refractivity contribution in [3.05, 3.63) is 54.1 Å². The van der Waals surface area contributed by atoms with Crippen molar-refractivity contribution in [1.82, 2.24) is 14.5 Å². The van der Waals surface area contributed by atoms with Crippen molar-refractivity contribution < 1.29 is 4.79 Å². The number of fused-ring (bicyclic) bond motifs is 1. The lowest BCUT2D eigenvalue weighted by molar-refractivity contribution is 0.102. The third-order valence-corrected chi connectivity index (χ3v) is 3.17. The van der Waals surface area contributed by atoms with Gasteiger partial charge < -0.3 is 17.2 Å². The van der Waals surface area contributed by atoms with Gasteiger partial charge in [0.15, 0.2) is 5.82 Å². The molecule has 1 aromatic carbocycles. The minimum atomic E-state index is -0.141. The molecule has 19 heavy (non-hydrogen) atoms. The number of aryl methyl sites for hydroxylation is 1. The van der Waals surface area contributed by atoms with Gasteiger partial charge in [-0.2, -0.15) is 0 Å². The summed E-state index contributed by atoms with van der Waals surface area (Å²) in [5, 5.41) is 1.21. The Balaban J connectivity index is 2.25. The Morgan fingerprint density at radius 3 is 2.84 bits per heavy atom. The van der Waals surface area contributed by atoms with Crippen molar-refractivity contribution in [3.63, 3.8) is 0 Å². The van der Waals surface area contributed by atoms with Gasteiger partial charge in [-0.3, -0.25) is 9.78 Å². The molecular formula is C14H10N3OS-. The van der Waals surface area contributed by atoms with E-state index < -0.39 is 0 Å². The molecule has 0 aliphatic rings. The van der Waals surface area contributed by atoms with Crippen molar-refractivity contribution in [2.75, 3.05) is 0 Å². The standard InChI is InChI=1S/C14H11N3OS/c1-17-7-6-15-14(17)13(18)10-8-12(19)16-11-5-3-2-4-9(10)11/h2-8H,1H3,(H,16,19)/p-1. The first kappa shape index (κ1) is 11.8. The summed E-state index contributed by atoms with van der Waals surface area (Å²) in [6, 6.07) is 9.10. The molecule has 0 saturated heterocycles. The van der Waals surface area contributed by atoms with Crippen LogP contribution in [0.3, 0.4) is 0 Å². The summed E-state index contributed by atoms with van der Waals surface area (Å²) in [7, 11) is 1.79. The van der Waals surface area contributed by atoms with Gasteiger partial charge in [-0.1, -0.05) is 29.3 Å². The normalized spacial score (nSPS) is 10.8. The van der Waals surface area contributed by atoms with Crippen LogP contribution in [0.2, 0.25) is 0 Å². The molecule has 0 atom stereocenters. The number of pyridine rings is 1. The number of benzene rings is 1. The molecule has 2 heterocycles. The quantitative estimate of drug-likeness (QED) is 0.527. The highest BCUT2D eigenvalue weighted by atomic mass is 32.1. The fourth-order valence-electron chi connectivity index (χ4n) is 2.04. The number of carbonyl (C=O) groups is 1. The van der Waals surface area contributed by atoms with E-state index in [9.17, 15) is 4.79 Å². The van der Waals surface area contributed by atoms with Crippen molar-refractivity contribution in [2.45, 2.75) is 5.03 Å². The Labute approximate surface area is 115 Å². The zero-order valence-electron chi connectivity index (χ0n) is 10.2. The maximum Gasteiger partial charge on any atom is 0.229 e. The minimum Gasteiger partial charge on any atom is -0.760 e. The van der Waals surface area contributed by atoms with Crippen LogP contribution in [0.4, 0.5) is 0 Å². The van der Waals surface area contributed by atoms with Gasteiger partial charge in [0.1, 0.15) is 0 Å². The lowest BCUT2D eigenvalue weighted by atomic mass is 10.1. The molecule has 0 radical (unpaired) electrons. The molecule has 0 unspecified atom stereocenters. The molecule has 3 aromatic rings. The van der Waals surface area contributed by atoms with Gasteiger partial charge in [0.05, 0.1) is 5.52 Å². The van der Waals surface area contributed by atoms with Gasteiger partial charge in [0.25, 0.3) is 0 Å². The molecule has 3 rings (SSSR count). The van der Waals surface area contributed by atoms with Gasteiger partial charge in [-0.05, 0) is 6.07 Å². The number of hydrogen-bond donors (Lipinski definition) is 0. The molecule has 0 aliphatic carbocycles. The van der Waals surface area contributed by atoms with E-state index in [0.717, 1.165) is 10.9 Å². The van der Waals surface area contributed by atoms with Gasteiger partial charge in [0, 0.05) is 30.4 Å². The lowest BCUT2D eigenvalue weighted by Gasteiger charge is -2.11. The molecule has 0 N–H and O–H groups in total. The zero-order chi connectivity index (χ0) is 13.4. The van der Waals surface area contributed by atoms with Crippen LogP contribution in [0.5, 0.6) is 0 Å². The Hall–Kier alpha value is -2.27. The Morgan fingerprint density at radius 2 is 2.11 bits per heavy atom. The summed E-state index contributed by atoms with van der Waals surface area (Å²) in [6.45, 7) is 0. The molecule has 0 bridgehead atoms. The van der Waals surface area contributed by atoms with Crippen molar-refractivity contribution >= 4 is 29.3 Å². The van der Waals surface area contributed by atoms with Crippen LogP contribution in [-0.4, -0.2) is 20.3 Å². The minimum absolute atomic E-state index is 0.141. The lowest BCUT2D eigenvalue weighted by Crippen LogP contribution is -2.10. The smallest absolute Gasteiger partial charge is 0.229 e. The molecule has 0 amide bonds. The second-order valence-electron chi connectivity index (χ2n) is 4.22. The van der Waals surface area contributed by atoms with E-state index in [-0.39, 0.29) is 5.78 Å². The monoisotopic (exact) mass is 268 g/mol. The maximum absolute atomic E-state index is 12.5. The molecule has 4 nitrogen and oxygen atoms in total. The second kappa shape index (κ2) is 4.44. The van der Waals surface area contributed by atoms with E-state index in [2.05, 4.69) is 9.97 Å². The molecule has 2 aromatic heterocycles. The van der Waals surface area contributed by atoms with Crippen LogP contribution in [0.15, 0.2) is 47.8 Å². The highest BCUT2D eigenvalue weighted by molar-refractivity contribution is 7.58. The number of nitrogens with zero attached hydrogens (tertiary/aromatic N) is 3. The molecule has 0 spiro atoms. The van der Waals surface area contributed by atoms with Gasteiger partial charge in [0.2, 0.25) is 5.78 Å². The summed E-state index contributed by atoms with van der Waals surface area (Å²) in [5.74, 6) is 0.253. The van der Waals surface area contributed by atoms with Crippen LogP contribution >= 0.6 is 0 Å². The number of carbonyl (C=O) groups excluding carboxylic acids is 1. The van der Waals surface area contributed by atoms with E-state index in [1.165, 1.54) is 0 Å².